The molecule has 1 aliphatic rings. The number of aliphatic hydroxyl groups excluding tert-OH is 1. The van der Waals surface area contributed by atoms with Gasteiger partial charge in [0.2, 0.25) is 5.13 Å². The Kier molecular flexibility index (Phi) is 7.34. The molecule has 1 N–H and O–H groups in total. The number of Topliss-reactive ketones (excluding diaryl/α,β-unsaturated/α-hetero) is 1. The van der Waals surface area contributed by atoms with Crippen molar-refractivity contribution < 1.29 is 19.4 Å². The van der Waals surface area contributed by atoms with Gasteiger partial charge in [0.05, 0.1) is 18.2 Å². The molecule has 1 fully saturated rings. The fourth-order valence-corrected chi connectivity index (χ4v) is 5.91. The summed E-state index contributed by atoms with van der Waals surface area (Å²) in [6.45, 7) is 2.41. The second-order valence-electron chi connectivity index (χ2n) is 8.16. The fraction of sp³-hybridized carbons (Fsp3) is 0.143. The lowest BCUT2D eigenvalue weighted by Gasteiger charge is -2.22. The minimum absolute atomic E-state index is 0.00838. The number of thioether (sulfide) groups is 1. The Balaban J connectivity index is 1.54. The molecule has 1 saturated heterocycles. The van der Waals surface area contributed by atoms with Crippen LogP contribution in [0.2, 0.25) is 0 Å². The van der Waals surface area contributed by atoms with Gasteiger partial charge in [-0.2, -0.15) is 0 Å². The van der Waals surface area contributed by atoms with Crippen LogP contribution in [0.3, 0.4) is 0 Å². The number of aliphatic hydroxyl groups is 1. The van der Waals surface area contributed by atoms with E-state index in [1.807, 2.05) is 43.3 Å². The molecule has 1 amide bonds. The summed E-state index contributed by atoms with van der Waals surface area (Å²) in [7, 11) is 0. The molecule has 0 radical (unpaired) electrons. The smallest absolute Gasteiger partial charge is 0.301 e. The molecule has 0 aliphatic carbocycles. The van der Waals surface area contributed by atoms with Gasteiger partial charge in [-0.1, -0.05) is 95.9 Å². The summed E-state index contributed by atoms with van der Waals surface area (Å²) in [5.74, 6) is -0.392. The van der Waals surface area contributed by atoms with Gasteiger partial charge in [-0.15, -0.1) is 10.2 Å². The number of amides is 1. The van der Waals surface area contributed by atoms with E-state index in [0.717, 1.165) is 5.56 Å². The molecule has 2 heterocycles. The third kappa shape index (κ3) is 5.14. The number of hydrogen-bond acceptors (Lipinski definition) is 8. The highest BCUT2D eigenvalue weighted by molar-refractivity contribution is 8.00. The third-order valence-electron chi connectivity index (χ3n) is 5.81. The number of nitrogens with zero attached hydrogens (tertiary/aromatic N) is 3. The van der Waals surface area contributed by atoms with Crippen molar-refractivity contribution in [1.82, 2.24) is 10.2 Å². The topological polar surface area (TPSA) is 92.6 Å². The maximum atomic E-state index is 13.3. The first kappa shape index (κ1) is 24.7. The first-order valence-corrected chi connectivity index (χ1v) is 13.5. The van der Waals surface area contributed by atoms with Gasteiger partial charge < -0.3 is 9.84 Å². The van der Waals surface area contributed by atoms with E-state index in [1.165, 1.54) is 28.0 Å². The zero-order valence-corrected chi connectivity index (χ0v) is 21.5. The second kappa shape index (κ2) is 11.0. The van der Waals surface area contributed by atoms with Gasteiger partial charge in [-0.25, -0.2) is 0 Å². The highest BCUT2D eigenvalue weighted by Gasteiger charge is 2.48. The zero-order valence-electron chi connectivity index (χ0n) is 19.9. The zero-order chi connectivity index (χ0) is 25.8. The molecular weight excluding hydrogens is 506 g/mol. The van der Waals surface area contributed by atoms with E-state index >= 15 is 0 Å². The summed E-state index contributed by atoms with van der Waals surface area (Å²) in [5.41, 5.74) is 2.25. The van der Waals surface area contributed by atoms with Crippen molar-refractivity contribution in [3.05, 3.63) is 107 Å². The van der Waals surface area contributed by atoms with Crippen molar-refractivity contribution in [3.8, 4) is 5.75 Å². The van der Waals surface area contributed by atoms with E-state index in [4.69, 9.17) is 4.74 Å². The summed E-state index contributed by atoms with van der Waals surface area (Å²) in [4.78, 5) is 28.0. The van der Waals surface area contributed by atoms with Crippen LogP contribution >= 0.6 is 23.1 Å². The molecule has 1 aromatic heterocycles. The van der Waals surface area contributed by atoms with Crippen LogP contribution in [0.15, 0.2) is 94.8 Å². The van der Waals surface area contributed by atoms with Gasteiger partial charge in [0.1, 0.15) is 11.5 Å². The van der Waals surface area contributed by atoms with Gasteiger partial charge >= 0.3 is 5.91 Å². The Hall–Kier alpha value is -3.95. The van der Waals surface area contributed by atoms with Gasteiger partial charge in [0.25, 0.3) is 5.78 Å². The van der Waals surface area contributed by atoms with Gasteiger partial charge in [0.15, 0.2) is 4.34 Å². The van der Waals surface area contributed by atoms with Crippen LogP contribution < -0.4 is 9.64 Å². The standard InChI is InChI=1S/C28H23N3O4S2/c1-2-35-21-15-13-19(14-16-21)23-22(24(32)20-11-7-4-8-12-20)25(33)26(34)31(23)27-29-30-28(37-27)36-17-18-9-5-3-6-10-18/h3-16,23,32H,2,17H2,1H3/b24-22-. The van der Waals surface area contributed by atoms with Gasteiger partial charge in [-0.3, -0.25) is 14.5 Å². The molecule has 1 atom stereocenters. The third-order valence-corrected chi connectivity index (χ3v) is 7.93. The minimum atomic E-state index is -0.865. The minimum Gasteiger partial charge on any atom is -0.507 e. The van der Waals surface area contributed by atoms with E-state index in [9.17, 15) is 14.7 Å². The summed E-state index contributed by atoms with van der Waals surface area (Å²) >= 11 is 2.75. The van der Waals surface area contributed by atoms with E-state index in [-0.39, 0.29) is 11.3 Å². The van der Waals surface area contributed by atoms with Crippen molar-refractivity contribution in [3.63, 3.8) is 0 Å². The fourth-order valence-electron chi connectivity index (χ4n) is 4.09. The monoisotopic (exact) mass is 529 g/mol. The van der Waals surface area contributed by atoms with Gasteiger partial charge in [0, 0.05) is 11.3 Å². The summed E-state index contributed by atoms with van der Waals surface area (Å²) < 4.78 is 6.23. The number of ether oxygens (including phenoxy) is 1. The molecule has 0 bridgehead atoms. The Morgan fingerprint density at radius 1 is 0.973 bits per heavy atom. The number of ketones is 1. The summed E-state index contributed by atoms with van der Waals surface area (Å²) in [6, 6.07) is 25.0. The van der Waals surface area contributed by atoms with Crippen molar-refractivity contribution in [2.75, 3.05) is 11.5 Å². The van der Waals surface area contributed by atoms with Crippen molar-refractivity contribution in [1.29, 1.82) is 0 Å². The molecule has 1 unspecified atom stereocenters. The quantitative estimate of drug-likeness (QED) is 0.101. The number of benzene rings is 3. The van der Waals surface area contributed by atoms with Crippen LogP contribution in [0, 0.1) is 0 Å². The van der Waals surface area contributed by atoms with E-state index in [0.29, 0.717) is 38.7 Å². The lowest BCUT2D eigenvalue weighted by atomic mass is 9.95. The largest absolute Gasteiger partial charge is 0.507 e. The molecule has 3 aromatic carbocycles. The predicted molar refractivity (Wildman–Crippen MR) is 145 cm³/mol. The Morgan fingerprint density at radius 3 is 2.32 bits per heavy atom. The molecule has 9 heteroatoms. The average molecular weight is 530 g/mol. The first-order chi connectivity index (χ1) is 18.1. The van der Waals surface area contributed by atoms with Crippen LogP contribution in [0.1, 0.15) is 29.7 Å². The number of aromatic nitrogens is 2. The molecule has 0 saturated carbocycles. The number of anilines is 1. The number of hydrogen-bond donors (Lipinski definition) is 1. The molecule has 4 aromatic rings. The lowest BCUT2D eigenvalue weighted by molar-refractivity contribution is -0.132. The van der Waals surface area contributed by atoms with Crippen LogP contribution in [-0.2, 0) is 15.3 Å². The maximum absolute atomic E-state index is 13.3. The average Bonchev–Trinajstić information content (AvgIpc) is 3.51. The lowest BCUT2D eigenvalue weighted by Crippen LogP contribution is -2.29. The molecular formula is C28H23N3O4S2. The summed E-state index contributed by atoms with van der Waals surface area (Å²) in [5, 5.41) is 20.0. The van der Waals surface area contributed by atoms with E-state index in [2.05, 4.69) is 10.2 Å². The second-order valence-corrected chi connectivity index (χ2v) is 10.3. The summed E-state index contributed by atoms with van der Waals surface area (Å²) in [6.07, 6.45) is 0. The maximum Gasteiger partial charge on any atom is 0.301 e. The Bertz CT molecular complexity index is 1440. The van der Waals surface area contributed by atoms with Crippen molar-refractivity contribution >= 4 is 45.7 Å². The molecule has 5 rings (SSSR count). The van der Waals surface area contributed by atoms with Crippen molar-refractivity contribution in [2.45, 2.75) is 23.1 Å². The first-order valence-electron chi connectivity index (χ1n) is 11.7. The van der Waals surface area contributed by atoms with Crippen LogP contribution in [-0.4, -0.2) is 33.6 Å². The number of carbonyl (C=O) groups is 2. The van der Waals surface area contributed by atoms with E-state index in [1.54, 1.807) is 48.5 Å². The Morgan fingerprint density at radius 2 is 1.65 bits per heavy atom. The molecule has 7 nitrogen and oxygen atoms in total. The number of rotatable bonds is 8. The molecule has 186 valence electrons. The van der Waals surface area contributed by atoms with Crippen LogP contribution in [0.25, 0.3) is 5.76 Å². The molecule has 0 spiro atoms. The van der Waals surface area contributed by atoms with Gasteiger partial charge in [-0.05, 0) is 30.2 Å². The predicted octanol–water partition coefficient (Wildman–Crippen LogP) is 5.86. The molecule has 1 aliphatic heterocycles. The highest BCUT2D eigenvalue weighted by Crippen LogP contribution is 2.44. The SMILES string of the molecule is CCOc1ccc(C2/C(=C(/O)c3ccccc3)C(=O)C(=O)N2c2nnc(SCc3ccccc3)s2)cc1. The highest BCUT2D eigenvalue weighted by atomic mass is 32.2. The molecule has 37 heavy (non-hydrogen) atoms. The normalized spacial score (nSPS) is 16.8. The number of carbonyl (C=O) groups excluding carboxylic acids is 2. The Labute approximate surface area is 222 Å². The van der Waals surface area contributed by atoms with Crippen molar-refractivity contribution in [2.24, 2.45) is 0 Å². The van der Waals surface area contributed by atoms with Crippen LogP contribution in [0.5, 0.6) is 5.75 Å². The van der Waals surface area contributed by atoms with E-state index < -0.39 is 17.7 Å². The van der Waals surface area contributed by atoms with Crippen LogP contribution in [0.4, 0.5) is 5.13 Å².